The predicted octanol–water partition coefficient (Wildman–Crippen LogP) is 4.15. The van der Waals surface area contributed by atoms with Crippen LogP contribution in [0.5, 0.6) is 0 Å². The zero-order valence-corrected chi connectivity index (χ0v) is 12.5. The van der Waals surface area contributed by atoms with E-state index in [2.05, 4.69) is 0 Å². The Kier molecular flexibility index (Phi) is 3.36. The van der Waals surface area contributed by atoms with Gasteiger partial charge < -0.3 is 0 Å². The smallest absolute Gasteiger partial charge is 0.252 e. The molecule has 0 radical (unpaired) electrons. The lowest BCUT2D eigenvalue weighted by Crippen LogP contribution is -2.22. The number of benzene rings is 2. The molecule has 6 heteroatoms. The van der Waals surface area contributed by atoms with Gasteiger partial charge in [0, 0.05) is 22.3 Å². The molecule has 21 heavy (non-hydrogen) atoms. The molecular weight excluding hydrogens is 335 g/mol. The average molecular weight is 340 g/mol. The van der Waals surface area contributed by atoms with Crippen molar-refractivity contribution in [1.82, 2.24) is 0 Å². The van der Waals surface area contributed by atoms with Gasteiger partial charge in [0.1, 0.15) is 0 Å². The lowest BCUT2D eigenvalue weighted by Gasteiger charge is -2.19. The molecule has 3 rings (SSSR count). The minimum Gasteiger partial charge on any atom is -0.289 e. The van der Waals surface area contributed by atoms with Crippen LogP contribution in [-0.4, -0.2) is 16.8 Å². The number of hydrogen-bond acceptors (Lipinski definition) is 3. The Labute approximate surface area is 134 Å². The van der Waals surface area contributed by atoms with Crippen LogP contribution in [0.15, 0.2) is 30.3 Å². The second kappa shape index (κ2) is 4.95. The van der Waals surface area contributed by atoms with Crippen LogP contribution in [0.25, 0.3) is 0 Å². The summed E-state index contributed by atoms with van der Waals surface area (Å²) in [6, 6.07) is 7.00. The molecule has 0 heterocycles. The molecule has 0 bridgehead atoms. The maximum atomic E-state index is 12.5. The van der Waals surface area contributed by atoms with Gasteiger partial charge in [-0.3, -0.25) is 14.4 Å². The van der Waals surface area contributed by atoms with E-state index in [-0.39, 0.29) is 37.9 Å². The molecule has 0 atom stereocenters. The van der Waals surface area contributed by atoms with Gasteiger partial charge in [0.05, 0.1) is 15.6 Å². The second-order valence-electron chi connectivity index (χ2n) is 4.48. The Bertz CT molecular complexity index is 840. The van der Waals surface area contributed by atoms with Gasteiger partial charge in [-0.15, -0.1) is 0 Å². The van der Waals surface area contributed by atoms with E-state index in [0.29, 0.717) is 0 Å². The van der Waals surface area contributed by atoms with E-state index >= 15 is 0 Å². The normalized spacial score (nSPS) is 12.9. The van der Waals surface area contributed by atoms with Crippen LogP contribution in [0.4, 0.5) is 0 Å². The summed E-state index contributed by atoms with van der Waals surface area (Å²) >= 11 is 17.3. The Morgan fingerprint density at radius 1 is 0.857 bits per heavy atom. The molecule has 1 aliphatic carbocycles. The van der Waals surface area contributed by atoms with Crippen LogP contribution in [0.3, 0.4) is 0 Å². The standard InChI is InChI=1S/C15H5Cl3O3/c16-10-4-3-8-11(12(10)17)14(20)7-2-1-6(15(18)21)5-9(7)13(8)19/h1-5H. The minimum atomic E-state index is -0.696. The quantitative estimate of drug-likeness (QED) is 0.626. The zero-order chi connectivity index (χ0) is 15.3. The minimum absolute atomic E-state index is 0.0515. The van der Waals surface area contributed by atoms with Crippen molar-refractivity contribution >= 4 is 51.6 Å². The predicted molar refractivity (Wildman–Crippen MR) is 80.0 cm³/mol. The molecule has 0 amide bonds. The first-order valence-electron chi connectivity index (χ1n) is 5.83. The average Bonchev–Trinajstić information content (AvgIpc) is 2.47. The molecule has 0 aliphatic heterocycles. The zero-order valence-electron chi connectivity index (χ0n) is 10.2. The van der Waals surface area contributed by atoms with E-state index in [1.807, 2.05) is 0 Å². The van der Waals surface area contributed by atoms with Gasteiger partial charge in [0.15, 0.2) is 11.6 Å². The summed E-state index contributed by atoms with van der Waals surface area (Å²) in [5.74, 6) is -0.793. The summed E-state index contributed by atoms with van der Waals surface area (Å²) in [5.41, 5.74) is 0.725. The number of rotatable bonds is 1. The van der Waals surface area contributed by atoms with Crippen LogP contribution in [0.1, 0.15) is 42.2 Å². The van der Waals surface area contributed by atoms with E-state index < -0.39 is 16.8 Å². The fourth-order valence-electron chi connectivity index (χ4n) is 2.29. The molecular formula is C15H5Cl3O3. The van der Waals surface area contributed by atoms with Crippen molar-refractivity contribution in [3.63, 3.8) is 0 Å². The number of carbonyl (C=O) groups excluding carboxylic acids is 3. The third-order valence-corrected chi connectivity index (χ3v) is 4.32. The highest BCUT2D eigenvalue weighted by atomic mass is 35.5. The number of fused-ring (bicyclic) bond motifs is 2. The number of ketones is 2. The summed E-state index contributed by atoms with van der Waals surface area (Å²) in [6.45, 7) is 0. The fraction of sp³-hybridized carbons (Fsp3) is 0. The van der Waals surface area contributed by atoms with Crippen molar-refractivity contribution in [1.29, 1.82) is 0 Å². The first-order chi connectivity index (χ1) is 9.91. The van der Waals surface area contributed by atoms with Crippen LogP contribution < -0.4 is 0 Å². The molecule has 0 fully saturated rings. The maximum Gasteiger partial charge on any atom is 0.252 e. The van der Waals surface area contributed by atoms with Gasteiger partial charge in [-0.1, -0.05) is 23.2 Å². The van der Waals surface area contributed by atoms with Gasteiger partial charge in [-0.05, 0) is 41.9 Å². The van der Waals surface area contributed by atoms with Crippen molar-refractivity contribution in [3.8, 4) is 0 Å². The topological polar surface area (TPSA) is 51.2 Å². The molecule has 0 unspecified atom stereocenters. The van der Waals surface area contributed by atoms with E-state index in [9.17, 15) is 14.4 Å². The molecule has 3 nitrogen and oxygen atoms in total. The van der Waals surface area contributed by atoms with Gasteiger partial charge >= 0.3 is 0 Å². The van der Waals surface area contributed by atoms with E-state index in [1.54, 1.807) is 0 Å². The molecule has 0 saturated carbocycles. The molecule has 0 aromatic heterocycles. The molecule has 1 aliphatic rings. The Morgan fingerprint density at radius 3 is 2.19 bits per heavy atom. The van der Waals surface area contributed by atoms with Crippen LogP contribution in [0, 0.1) is 0 Å². The SMILES string of the molecule is O=C(Cl)c1ccc2c(c1)C(=O)c1ccc(Cl)c(Cl)c1C2=O. The largest absolute Gasteiger partial charge is 0.289 e. The molecule has 0 saturated heterocycles. The van der Waals surface area contributed by atoms with Crippen molar-refractivity contribution < 1.29 is 14.4 Å². The Balaban J connectivity index is 2.30. The molecule has 0 spiro atoms. The van der Waals surface area contributed by atoms with E-state index in [0.717, 1.165) is 0 Å². The van der Waals surface area contributed by atoms with Crippen molar-refractivity contribution in [2.45, 2.75) is 0 Å². The number of hydrogen-bond donors (Lipinski definition) is 0. The molecule has 2 aromatic rings. The third-order valence-electron chi connectivity index (χ3n) is 3.30. The van der Waals surface area contributed by atoms with Gasteiger partial charge in [0.25, 0.3) is 5.24 Å². The highest BCUT2D eigenvalue weighted by molar-refractivity contribution is 6.67. The summed E-state index contributed by atoms with van der Waals surface area (Å²) in [5, 5.41) is -0.443. The summed E-state index contributed by atoms with van der Waals surface area (Å²) in [6.07, 6.45) is 0. The monoisotopic (exact) mass is 338 g/mol. The van der Waals surface area contributed by atoms with Crippen molar-refractivity contribution in [2.24, 2.45) is 0 Å². The van der Waals surface area contributed by atoms with Gasteiger partial charge in [0.2, 0.25) is 0 Å². The molecule has 104 valence electrons. The highest BCUT2D eigenvalue weighted by Crippen LogP contribution is 2.36. The van der Waals surface area contributed by atoms with E-state index in [4.69, 9.17) is 34.8 Å². The lowest BCUT2D eigenvalue weighted by atomic mass is 9.83. The van der Waals surface area contributed by atoms with Gasteiger partial charge in [-0.25, -0.2) is 0 Å². The Morgan fingerprint density at radius 2 is 1.52 bits per heavy atom. The van der Waals surface area contributed by atoms with Crippen LogP contribution >= 0.6 is 34.8 Å². The maximum absolute atomic E-state index is 12.5. The highest BCUT2D eigenvalue weighted by Gasteiger charge is 2.32. The van der Waals surface area contributed by atoms with Crippen LogP contribution in [0.2, 0.25) is 10.0 Å². The Hall–Kier alpha value is -1.68. The summed E-state index contributed by atoms with van der Waals surface area (Å²) < 4.78 is 0. The lowest BCUT2D eigenvalue weighted by molar-refractivity contribution is 0.0978. The molecule has 0 N–H and O–H groups in total. The van der Waals surface area contributed by atoms with E-state index in [1.165, 1.54) is 30.3 Å². The fourth-order valence-corrected chi connectivity index (χ4v) is 2.82. The summed E-state index contributed by atoms with van der Waals surface area (Å²) in [4.78, 5) is 36.2. The van der Waals surface area contributed by atoms with Gasteiger partial charge in [-0.2, -0.15) is 0 Å². The number of halogens is 3. The molecule has 2 aromatic carbocycles. The van der Waals surface area contributed by atoms with Crippen molar-refractivity contribution in [2.75, 3.05) is 0 Å². The first kappa shape index (κ1) is 14.3. The number of carbonyl (C=O) groups is 3. The second-order valence-corrected chi connectivity index (χ2v) is 5.60. The van der Waals surface area contributed by atoms with Crippen LogP contribution in [-0.2, 0) is 0 Å². The first-order valence-corrected chi connectivity index (χ1v) is 6.96. The van der Waals surface area contributed by atoms with Crippen molar-refractivity contribution in [3.05, 3.63) is 68.2 Å². The summed E-state index contributed by atoms with van der Waals surface area (Å²) in [7, 11) is 0. The third kappa shape index (κ3) is 2.09.